The lowest BCUT2D eigenvalue weighted by molar-refractivity contribution is 0.102. The van der Waals surface area contributed by atoms with Crippen LogP contribution in [0.4, 0.5) is 16.2 Å². The molecule has 4 N–H and O–H groups in total. The van der Waals surface area contributed by atoms with Crippen LogP contribution < -0.4 is 16.4 Å². The monoisotopic (exact) mass is 402 g/mol. The maximum atomic E-state index is 12.4. The summed E-state index contributed by atoms with van der Waals surface area (Å²) < 4.78 is 1.16. The van der Waals surface area contributed by atoms with Crippen LogP contribution in [0.2, 0.25) is 0 Å². The molecule has 4 rings (SSSR count). The summed E-state index contributed by atoms with van der Waals surface area (Å²) in [6.07, 6.45) is 0. The van der Waals surface area contributed by atoms with Gasteiger partial charge in [-0.15, -0.1) is 11.3 Å². The van der Waals surface area contributed by atoms with E-state index in [0.717, 1.165) is 20.8 Å². The molecule has 0 saturated heterocycles. The molecule has 0 aliphatic rings. The van der Waals surface area contributed by atoms with E-state index in [0.29, 0.717) is 16.9 Å². The molecule has 0 atom stereocenters. The van der Waals surface area contributed by atoms with E-state index in [2.05, 4.69) is 34.7 Å². The van der Waals surface area contributed by atoms with Crippen molar-refractivity contribution in [1.29, 1.82) is 0 Å². The fourth-order valence-corrected chi connectivity index (χ4v) is 3.97. The van der Waals surface area contributed by atoms with E-state index in [4.69, 9.17) is 5.73 Å². The van der Waals surface area contributed by atoms with Crippen LogP contribution in [0.5, 0.6) is 0 Å². The lowest BCUT2D eigenvalue weighted by Crippen LogP contribution is -2.19. The Morgan fingerprint density at radius 2 is 1.55 bits per heavy atom. The molecular formula is C22H18N4O2S. The third-order valence-electron chi connectivity index (χ3n) is 4.35. The van der Waals surface area contributed by atoms with Crippen molar-refractivity contribution in [2.75, 3.05) is 10.6 Å². The quantitative estimate of drug-likeness (QED) is 0.447. The molecule has 0 radical (unpaired) electrons. The third-order valence-corrected chi connectivity index (χ3v) is 5.42. The molecule has 0 fully saturated rings. The van der Waals surface area contributed by atoms with Gasteiger partial charge in [-0.1, -0.05) is 6.07 Å². The molecule has 1 heterocycles. The van der Waals surface area contributed by atoms with Gasteiger partial charge in [0.25, 0.3) is 5.91 Å². The van der Waals surface area contributed by atoms with Crippen LogP contribution in [-0.2, 0) is 0 Å². The van der Waals surface area contributed by atoms with Crippen LogP contribution in [-0.4, -0.2) is 16.9 Å². The average Bonchev–Trinajstić information content (AvgIpc) is 3.11. The number of aromatic nitrogens is 1. The Morgan fingerprint density at radius 3 is 2.24 bits per heavy atom. The Bertz CT molecular complexity index is 1200. The molecule has 0 unspecified atom stereocenters. The van der Waals surface area contributed by atoms with Crippen molar-refractivity contribution >= 4 is 44.9 Å². The number of nitrogens with two attached hydrogens (primary N) is 1. The van der Waals surface area contributed by atoms with Crippen molar-refractivity contribution in [3.8, 4) is 10.6 Å². The highest BCUT2D eigenvalue weighted by Crippen LogP contribution is 2.31. The predicted molar refractivity (Wildman–Crippen MR) is 117 cm³/mol. The molecule has 1 aromatic heterocycles. The van der Waals surface area contributed by atoms with E-state index >= 15 is 0 Å². The topological polar surface area (TPSA) is 97.1 Å². The second-order valence-corrected chi connectivity index (χ2v) is 7.62. The Kier molecular flexibility index (Phi) is 4.97. The highest BCUT2D eigenvalue weighted by molar-refractivity contribution is 7.21. The minimum absolute atomic E-state index is 0.237. The summed E-state index contributed by atoms with van der Waals surface area (Å²) in [7, 11) is 0. The van der Waals surface area contributed by atoms with Crippen molar-refractivity contribution in [3.05, 3.63) is 77.9 Å². The van der Waals surface area contributed by atoms with E-state index in [1.165, 1.54) is 5.56 Å². The first kappa shape index (κ1) is 18.6. The van der Waals surface area contributed by atoms with E-state index in [1.54, 1.807) is 35.6 Å². The number of urea groups is 1. The minimum Gasteiger partial charge on any atom is -0.351 e. The number of primary amides is 1. The van der Waals surface area contributed by atoms with Crippen molar-refractivity contribution < 1.29 is 9.59 Å². The van der Waals surface area contributed by atoms with Gasteiger partial charge in [-0.05, 0) is 73.2 Å². The number of anilines is 2. The molecule has 29 heavy (non-hydrogen) atoms. The minimum atomic E-state index is -0.648. The molecule has 0 aliphatic carbocycles. The highest BCUT2D eigenvalue weighted by atomic mass is 32.1. The van der Waals surface area contributed by atoms with Crippen LogP contribution in [0.15, 0.2) is 66.7 Å². The van der Waals surface area contributed by atoms with Gasteiger partial charge in [-0.2, -0.15) is 0 Å². The van der Waals surface area contributed by atoms with Crippen LogP contribution in [0.1, 0.15) is 15.9 Å². The molecule has 0 spiro atoms. The van der Waals surface area contributed by atoms with Crippen LogP contribution in [0.25, 0.3) is 20.8 Å². The lowest BCUT2D eigenvalue weighted by atomic mass is 10.1. The number of carbonyl (C=O) groups is 2. The molecular weight excluding hydrogens is 384 g/mol. The maximum Gasteiger partial charge on any atom is 0.316 e. The van der Waals surface area contributed by atoms with E-state index in [9.17, 15) is 9.59 Å². The number of benzene rings is 3. The first-order valence-corrected chi connectivity index (χ1v) is 9.75. The molecule has 0 bridgehead atoms. The molecule has 144 valence electrons. The fraction of sp³-hybridized carbons (Fsp3) is 0.0455. The summed E-state index contributed by atoms with van der Waals surface area (Å²) in [5, 5.41) is 6.27. The average molecular weight is 402 g/mol. The number of nitrogens with zero attached hydrogens (tertiary/aromatic N) is 1. The summed E-state index contributed by atoms with van der Waals surface area (Å²) in [5.41, 5.74) is 9.98. The van der Waals surface area contributed by atoms with Gasteiger partial charge in [-0.25, -0.2) is 9.78 Å². The fourth-order valence-electron chi connectivity index (χ4n) is 2.90. The van der Waals surface area contributed by atoms with Crippen LogP contribution >= 0.6 is 11.3 Å². The second-order valence-electron chi connectivity index (χ2n) is 6.59. The van der Waals surface area contributed by atoms with Crippen LogP contribution in [0.3, 0.4) is 0 Å². The summed E-state index contributed by atoms with van der Waals surface area (Å²) >= 11 is 1.65. The number of hydrogen-bond donors (Lipinski definition) is 3. The van der Waals surface area contributed by atoms with E-state index < -0.39 is 6.03 Å². The molecule has 3 amide bonds. The summed E-state index contributed by atoms with van der Waals surface area (Å²) in [6, 6.07) is 19.7. The zero-order chi connectivity index (χ0) is 20.4. The Morgan fingerprint density at radius 1 is 0.897 bits per heavy atom. The van der Waals surface area contributed by atoms with Gasteiger partial charge < -0.3 is 16.4 Å². The first-order chi connectivity index (χ1) is 14.0. The maximum absolute atomic E-state index is 12.4. The number of thiazole rings is 1. The highest BCUT2D eigenvalue weighted by Gasteiger charge is 2.09. The normalized spacial score (nSPS) is 10.7. The Labute approximate surface area is 171 Å². The number of hydrogen-bond acceptors (Lipinski definition) is 4. The Hall–Kier alpha value is -3.71. The van der Waals surface area contributed by atoms with Gasteiger partial charge >= 0.3 is 6.03 Å². The van der Waals surface area contributed by atoms with Gasteiger partial charge in [0.1, 0.15) is 5.01 Å². The van der Waals surface area contributed by atoms with Gasteiger partial charge in [0.05, 0.1) is 10.2 Å². The van der Waals surface area contributed by atoms with Crippen molar-refractivity contribution in [2.24, 2.45) is 5.73 Å². The molecule has 0 saturated carbocycles. The molecule has 7 heteroatoms. The lowest BCUT2D eigenvalue weighted by Gasteiger charge is -2.07. The van der Waals surface area contributed by atoms with Gasteiger partial charge in [0.15, 0.2) is 0 Å². The van der Waals surface area contributed by atoms with Crippen LogP contribution in [0, 0.1) is 6.92 Å². The number of rotatable bonds is 4. The molecule has 6 nitrogen and oxygen atoms in total. The predicted octanol–water partition coefficient (Wildman–Crippen LogP) is 5.01. The van der Waals surface area contributed by atoms with Crippen molar-refractivity contribution in [2.45, 2.75) is 6.92 Å². The van der Waals surface area contributed by atoms with Gasteiger partial charge in [0.2, 0.25) is 0 Å². The van der Waals surface area contributed by atoms with E-state index in [-0.39, 0.29) is 5.91 Å². The molecule has 0 aliphatic heterocycles. The largest absolute Gasteiger partial charge is 0.351 e. The smallest absolute Gasteiger partial charge is 0.316 e. The number of nitrogens with one attached hydrogen (secondary N) is 2. The summed E-state index contributed by atoms with van der Waals surface area (Å²) in [4.78, 5) is 28.0. The van der Waals surface area contributed by atoms with E-state index in [1.807, 2.05) is 30.3 Å². The van der Waals surface area contributed by atoms with Gasteiger partial charge in [-0.3, -0.25) is 4.79 Å². The van der Waals surface area contributed by atoms with Gasteiger partial charge in [0, 0.05) is 22.5 Å². The number of amides is 3. The summed E-state index contributed by atoms with van der Waals surface area (Å²) in [5.74, 6) is -0.237. The SMILES string of the molecule is Cc1ccc2nc(-c3ccc(NC(=O)c4ccc(NC(N)=O)cc4)cc3)sc2c1. The first-order valence-electron chi connectivity index (χ1n) is 8.93. The standard InChI is InChI=1S/C22H18N4O2S/c1-13-2-11-18-19(12-13)29-21(26-18)15-5-9-16(10-6-15)24-20(27)14-3-7-17(8-4-14)25-22(23)28/h2-12H,1H3,(H,24,27)(H3,23,25,28). The van der Waals surface area contributed by atoms with Crippen molar-refractivity contribution in [3.63, 3.8) is 0 Å². The summed E-state index contributed by atoms with van der Waals surface area (Å²) in [6.45, 7) is 2.07. The third kappa shape index (κ3) is 4.25. The Balaban J connectivity index is 1.47. The molecule has 4 aromatic rings. The number of carbonyl (C=O) groups excluding carboxylic acids is 2. The zero-order valence-corrected chi connectivity index (χ0v) is 16.4. The van der Waals surface area contributed by atoms with Crippen molar-refractivity contribution in [1.82, 2.24) is 4.98 Å². The number of aryl methyl sites for hydroxylation is 1. The number of fused-ring (bicyclic) bond motifs is 1. The molecule has 3 aromatic carbocycles. The zero-order valence-electron chi connectivity index (χ0n) is 15.6. The second kappa shape index (κ2) is 7.73.